The molecule has 1 atom stereocenters. The predicted octanol–water partition coefficient (Wildman–Crippen LogP) is 0.737. The summed E-state index contributed by atoms with van der Waals surface area (Å²) in [5.41, 5.74) is 1.18. The van der Waals surface area contributed by atoms with Crippen molar-refractivity contribution in [2.24, 2.45) is 0 Å². The van der Waals surface area contributed by atoms with Crippen molar-refractivity contribution in [2.75, 3.05) is 53.1 Å². The van der Waals surface area contributed by atoms with Gasteiger partial charge in [-0.3, -0.25) is 4.90 Å². The first kappa shape index (κ1) is 17.4. The van der Waals surface area contributed by atoms with Gasteiger partial charge in [0.05, 0.1) is 5.75 Å². The third-order valence-corrected chi connectivity index (χ3v) is 6.15. The number of nitrogens with zero attached hydrogens (tertiary/aromatic N) is 3. The number of hydrogen-bond acceptors (Lipinski definition) is 4. The van der Waals surface area contributed by atoms with E-state index < -0.39 is 10.0 Å². The third kappa shape index (κ3) is 4.78. The first-order chi connectivity index (χ1) is 10.4. The summed E-state index contributed by atoms with van der Waals surface area (Å²) >= 11 is 0. The van der Waals surface area contributed by atoms with Crippen molar-refractivity contribution in [2.45, 2.75) is 12.5 Å². The van der Waals surface area contributed by atoms with Crippen molar-refractivity contribution in [3.05, 3.63) is 35.9 Å². The largest absolute Gasteiger partial charge is 0.308 e. The maximum atomic E-state index is 12.3. The van der Waals surface area contributed by atoms with E-state index in [1.807, 2.05) is 51.5 Å². The fraction of sp³-hybridized carbons (Fsp3) is 0.625. The average molecular weight is 325 g/mol. The Morgan fingerprint density at radius 2 is 1.82 bits per heavy atom. The van der Waals surface area contributed by atoms with Crippen molar-refractivity contribution in [3.8, 4) is 0 Å². The van der Waals surface area contributed by atoms with Gasteiger partial charge in [-0.1, -0.05) is 30.3 Å². The smallest absolute Gasteiger partial charge is 0.215 e. The molecule has 1 aromatic rings. The van der Waals surface area contributed by atoms with E-state index in [1.54, 1.807) is 4.31 Å². The summed E-state index contributed by atoms with van der Waals surface area (Å²) in [7, 11) is 2.97. The molecule has 6 heteroatoms. The monoisotopic (exact) mass is 325 g/mol. The fourth-order valence-corrected chi connectivity index (χ4v) is 4.51. The molecule has 22 heavy (non-hydrogen) atoms. The van der Waals surface area contributed by atoms with Gasteiger partial charge in [0.1, 0.15) is 0 Å². The van der Waals surface area contributed by atoms with Crippen LogP contribution in [0.1, 0.15) is 5.56 Å². The van der Waals surface area contributed by atoms with Gasteiger partial charge in [0.2, 0.25) is 10.0 Å². The molecule has 0 saturated carbocycles. The van der Waals surface area contributed by atoms with Crippen LogP contribution in [0.3, 0.4) is 0 Å². The van der Waals surface area contributed by atoms with E-state index in [0.717, 1.165) is 19.5 Å². The Bertz CT molecular complexity index is 560. The van der Waals surface area contributed by atoms with Gasteiger partial charge >= 0.3 is 0 Å². The Morgan fingerprint density at radius 1 is 1.14 bits per heavy atom. The molecule has 2 rings (SSSR count). The van der Waals surface area contributed by atoms with Crippen LogP contribution in [-0.4, -0.2) is 81.6 Å². The molecule has 1 aromatic carbocycles. The van der Waals surface area contributed by atoms with Crippen molar-refractivity contribution in [3.63, 3.8) is 0 Å². The highest BCUT2D eigenvalue weighted by atomic mass is 32.2. The summed E-state index contributed by atoms with van der Waals surface area (Å²) in [5, 5.41) is 0. The van der Waals surface area contributed by atoms with Crippen molar-refractivity contribution >= 4 is 10.0 Å². The molecule has 0 amide bonds. The van der Waals surface area contributed by atoms with E-state index >= 15 is 0 Å². The number of rotatable bonds is 7. The lowest BCUT2D eigenvalue weighted by Crippen LogP contribution is -2.40. The SMILES string of the molecule is CN(C)CCN(C)C1CN(CCc2ccccc2)S(=O)(=O)C1. The summed E-state index contributed by atoms with van der Waals surface area (Å²) in [5.74, 6) is 0.242. The molecule has 124 valence electrons. The summed E-state index contributed by atoms with van der Waals surface area (Å²) < 4.78 is 26.3. The highest BCUT2D eigenvalue weighted by Gasteiger charge is 2.37. The minimum Gasteiger partial charge on any atom is -0.308 e. The van der Waals surface area contributed by atoms with Gasteiger partial charge in [0.25, 0.3) is 0 Å². The first-order valence-electron chi connectivity index (χ1n) is 7.75. The summed E-state index contributed by atoms with van der Waals surface area (Å²) in [6, 6.07) is 10.1. The molecular weight excluding hydrogens is 298 g/mol. The van der Waals surface area contributed by atoms with Gasteiger partial charge in [-0.2, -0.15) is 4.31 Å². The zero-order valence-corrected chi connectivity index (χ0v) is 14.6. The Balaban J connectivity index is 1.90. The number of sulfonamides is 1. The molecule has 1 aliphatic heterocycles. The molecule has 5 nitrogen and oxygen atoms in total. The van der Waals surface area contributed by atoms with Gasteiger partial charge in [0.15, 0.2) is 0 Å². The fourth-order valence-electron chi connectivity index (χ4n) is 2.69. The second-order valence-electron chi connectivity index (χ2n) is 6.31. The van der Waals surface area contributed by atoms with Crippen LogP contribution in [0.4, 0.5) is 0 Å². The van der Waals surface area contributed by atoms with Crippen molar-refractivity contribution in [1.29, 1.82) is 0 Å². The van der Waals surface area contributed by atoms with Gasteiger partial charge in [0, 0.05) is 32.2 Å². The Hall–Kier alpha value is -0.950. The summed E-state index contributed by atoms with van der Waals surface area (Å²) in [4.78, 5) is 4.28. The molecule has 0 spiro atoms. The Morgan fingerprint density at radius 3 is 2.45 bits per heavy atom. The number of hydrogen-bond donors (Lipinski definition) is 0. The quantitative estimate of drug-likeness (QED) is 0.742. The van der Waals surface area contributed by atoms with E-state index in [9.17, 15) is 8.42 Å². The topological polar surface area (TPSA) is 43.9 Å². The van der Waals surface area contributed by atoms with Gasteiger partial charge in [-0.15, -0.1) is 0 Å². The normalized spacial score (nSPS) is 21.8. The predicted molar refractivity (Wildman–Crippen MR) is 90.5 cm³/mol. The molecular formula is C16H27N3O2S. The number of benzene rings is 1. The minimum absolute atomic E-state index is 0.0979. The van der Waals surface area contributed by atoms with Crippen LogP contribution < -0.4 is 0 Å². The lowest BCUT2D eigenvalue weighted by atomic mass is 10.1. The van der Waals surface area contributed by atoms with Gasteiger partial charge in [-0.25, -0.2) is 8.42 Å². The van der Waals surface area contributed by atoms with Crippen molar-refractivity contribution < 1.29 is 8.42 Å². The first-order valence-corrected chi connectivity index (χ1v) is 9.36. The maximum Gasteiger partial charge on any atom is 0.215 e. The zero-order chi connectivity index (χ0) is 16.2. The van der Waals surface area contributed by atoms with E-state index in [4.69, 9.17) is 0 Å². The van der Waals surface area contributed by atoms with Gasteiger partial charge in [-0.05, 0) is 33.1 Å². The van der Waals surface area contributed by atoms with Crippen molar-refractivity contribution in [1.82, 2.24) is 14.1 Å². The van der Waals surface area contributed by atoms with Crippen LogP contribution in [0.2, 0.25) is 0 Å². The molecule has 0 N–H and O–H groups in total. The molecule has 0 bridgehead atoms. The molecule has 1 unspecified atom stereocenters. The molecule has 0 aromatic heterocycles. The van der Waals surface area contributed by atoms with E-state index in [-0.39, 0.29) is 11.8 Å². The second-order valence-corrected chi connectivity index (χ2v) is 8.32. The van der Waals surface area contributed by atoms with E-state index in [1.165, 1.54) is 5.56 Å². The van der Waals surface area contributed by atoms with Crippen LogP contribution in [0.25, 0.3) is 0 Å². The van der Waals surface area contributed by atoms with E-state index in [0.29, 0.717) is 13.1 Å². The van der Waals surface area contributed by atoms with Crippen LogP contribution in [0, 0.1) is 0 Å². The van der Waals surface area contributed by atoms with Crippen LogP contribution in [-0.2, 0) is 16.4 Å². The maximum absolute atomic E-state index is 12.3. The molecule has 0 aliphatic carbocycles. The van der Waals surface area contributed by atoms with E-state index in [2.05, 4.69) is 9.80 Å². The Kier molecular flexibility index (Phi) is 5.97. The molecule has 1 heterocycles. The summed E-state index contributed by atoms with van der Waals surface area (Å²) in [6.07, 6.45) is 0.772. The second kappa shape index (κ2) is 7.55. The molecule has 1 saturated heterocycles. The molecule has 1 fully saturated rings. The zero-order valence-electron chi connectivity index (χ0n) is 13.8. The minimum atomic E-state index is -3.11. The highest BCUT2D eigenvalue weighted by Crippen LogP contribution is 2.18. The standard InChI is InChI=1S/C16H27N3O2S/c1-17(2)11-12-18(3)16-13-19(22(20,21)14-16)10-9-15-7-5-4-6-8-15/h4-8,16H,9-14H2,1-3H3. The Labute approximate surface area is 134 Å². The average Bonchev–Trinajstić information content (AvgIpc) is 2.78. The summed E-state index contributed by atoms with van der Waals surface area (Å²) in [6.45, 7) is 3.01. The molecule has 1 aliphatic rings. The highest BCUT2D eigenvalue weighted by molar-refractivity contribution is 7.89. The van der Waals surface area contributed by atoms with Gasteiger partial charge < -0.3 is 4.90 Å². The third-order valence-electron chi connectivity index (χ3n) is 4.23. The van der Waals surface area contributed by atoms with Crippen LogP contribution in [0.15, 0.2) is 30.3 Å². The van der Waals surface area contributed by atoms with Crippen LogP contribution in [0.5, 0.6) is 0 Å². The van der Waals surface area contributed by atoms with Crippen LogP contribution >= 0.6 is 0 Å². The number of likely N-dealkylation sites (N-methyl/N-ethyl adjacent to an activating group) is 2. The lowest BCUT2D eigenvalue weighted by molar-refractivity contribution is 0.220. The molecule has 0 radical (unpaired) electrons. The lowest BCUT2D eigenvalue weighted by Gasteiger charge is -2.24.